The third kappa shape index (κ3) is 1.78. The largest absolute Gasteiger partial charge is 0.504 e. The molecule has 2 saturated carbocycles. The number of fused-ring (bicyclic) bond motifs is 5. The van der Waals surface area contributed by atoms with E-state index in [2.05, 4.69) is 0 Å². The highest BCUT2D eigenvalue weighted by molar-refractivity contribution is 5.52. The molecule has 120 valence electrons. The van der Waals surface area contributed by atoms with Gasteiger partial charge in [-0.3, -0.25) is 0 Å². The Bertz CT molecular complexity index is 718. The highest BCUT2D eigenvalue weighted by Gasteiger charge is 2.54. The molecule has 1 aromatic carbocycles. The average Bonchev–Trinajstić information content (AvgIpc) is 2.70. The molecule has 2 fully saturated rings. The Hall–Kier alpha value is -1.22. The molecule has 0 spiro atoms. The first-order valence-corrected chi connectivity index (χ1v) is 8.25. The van der Waals surface area contributed by atoms with Crippen molar-refractivity contribution < 1.29 is 19.1 Å². The van der Waals surface area contributed by atoms with Gasteiger partial charge in [-0.05, 0) is 73.3 Å². The second-order valence-electron chi connectivity index (χ2n) is 7.29. The number of phenols is 1. The summed E-state index contributed by atoms with van der Waals surface area (Å²) in [7, 11) is 1.57. The zero-order valence-corrected chi connectivity index (χ0v) is 13.2. The van der Waals surface area contributed by atoms with Crippen molar-refractivity contribution in [2.75, 3.05) is 7.11 Å². The van der Waals surface area contributed by atoms with Gasteiger partial charge in [0.15, 0.2) is 11.5 Å². The summed E-state index contributed by atoms with van der Waals surface area (Å²) in [6, 6.07) is 3.66. The Morgan fingerprint density at radius 2 is 2.18 bits per heavy atom. The Labute approximate surface area is 136 Å². The SMILES string of the molecule is [2H]C1([2H])CC2C3CCc4c(ccc(O)c4OC)C3CC[C@@]2(C)[C@]1([2H])O. The highest BCUT2D eigenvalue weighted by atomic mass is 16.5. The molecule has 4 rings (SSSR count). The number of hydrogen-bond donors (Lipinski definition) is 2. The first kappa shape index (κ1) is 11.3. The zero-order chi connectivity index (χ0) is 18.2. The summed E-state index contributed by atoms with van der Waals surface area (Å²) in [4.78, 5) is 0. The predicted octanol–water partition coefficient (Wildman–Crippen LogP) is 3.62. The first-order chi connectivity index (χ1) is 11.6. The minimum atomic E-state index is -2.04. The van der Waals surface area contributed by atoms with E-state index in [-0.39, 0.29) is 29.9 Å². The first-order valence-electron chi connectivity index (χ1n) is 9.75. The molecule has 0 aliphatic heterocycles. The molecular weight excluding hydrogens is 276 g/mol. The summed E-state index contributed by atoms with van der Waals surface area (Å²) in [5.41, 5.74) is 1.54. The van der Waals surface area contributed by atoms with Crippen molar-refractivity contribution in [1.82, 2.24) is 0 Å². The molecule has 0 saturated heterocycles. The van der Waals surface area contributed by atoms with Crippen LogP contribution in [0.5, 0.6) is 11.5 Å². The summed E-state index contributed by atoms with van der Waals surface area (Å²) in [5.74, 6) is 1.26. The van der Waals surface area contributed by atoms with Crippen LogP contribution in [0.1, 0.15) is 60.1 Å². The fraction of sp³-hybridized carbons (Fsp3) is 0.684. The van der Waals surface area contributed by atoms with Gasteiger partial charge in [0.1, 0.15) is 0 Å². The predicted molar refractivity (Wildman–Crippen MR) is 85.3 cm³/mol. The number of benzene rings is 1. The van der Waals surface area contributed by atoms with E-state index in [0.717, 1.165) is 24.8 Å². The van der Waals surface area contributed by atoms with E-state index in [9.17, 15) is 10.2 Å². The molecule has 2 N–H and O–H groups in total. The second kappa shape index (κ2) is 4.89. The number of ether oxygens (including phenoxy) is 1. The van der Waals surface area contributed by atoms with Gasteiger partial charge in [0.05, 0.1) is 14.6 Å². The molecule has 3 aliphatic rings. The monoisotopic (exact) mass is 305 g/mol. The van der Waals surface area contributed by atoms with Gasteiger partial charge >= 0.3 is 0 Å². The van der Waals surface area contributed by atoms with Gasteiger partial charge in [0.2, 0.25) is 0 Å². The minimum Gasteiger partial charge on any atom is -0.504 e. The summed E-state index contributed by atoms with van der Waals surface area (Å²) < 4.78 is 30.3. The fourth-order valence-electron chi connectivity index (χ4n) is 5.25. The molecule has 3 unspecified atom stereocenters. The normalized spacial score (nSPS) is 47.4. The van der Waals surface area contributed by atoms with Crippen molar-refractivity contribution >= 4 is 0 Å². The minimum absolute atomic E-state index is 0.00306. The zero-order valence-electron chi connectivity index (χ0n) is 16.2. The lowest BCUT2D eigenvalue weighted by Gasteiger charge is -2.50. The number of aromatic hydroxyl groups is 1. The summed E-state index contributed by atoms with van der Waals surface area (Å²) in [6.07, 6.45) is -0.549. The lowest BCUT2D eigenvalue weighted by Crippen LogP contribution is -2.43. The molecule has 3 aliphatic carbocycles. The summed E-state index contributed by atoms with van der Waals surface area (Å²) in [5, 5.41) is 20.8. The van der Waals surface area contributed by atoms with Crippen LogP contribution in [0.3, 0.4) is 0 Å². The van der Waals surface area contributed by atoms with Gasteiger partial charge in [-0.25, -0.2) is 0 Å². The third-order valence-electron chi connectivity index (χ3n) is 6.46. The number of phenolic OH excluding ortho intramolecular Hbond substituents is 1. The second-order valence-corrected chi connectivity index (χ2v) is 7.29. The molecule has 0 bridgehead atoms. The van der Waals surface area contributed by atoms with Crippen LogP contribution < -0.4 is 4.74 Å². The van der Waals surface area contributed by atoms with E-state index in [0.29, 0.717) is 12.2 Å². The maximum atomic E-state index is 10.7. The molecule has 3 heteroatoms. The number of rotatable bonds is 1. The molecule has 3 nitrogen and oxygen atoms in total. The fourth-order valence-corrected chi connectivity index (χ4v) is 5.25. The Kier molecular flexibility index (Phi) is 2.52. The van der Waals surface area contributed by atoms with Crippen LogP contribution in [0.25, 0.3) is 0 Å². The Morgan fingerprint density at radius 3 is 2.95 bits per heavy atom. The van der Waals surface area contributed by atoms with E-state index in [1.165, 1.54) is 5.56 Å². The molecule has 1 aromatic rings. The van der Waals surface area contributed by atoms with Crippen LogP contribution in [0.15, 0.2) is 12.1 Å². The van der Waals surface area contributed by atoms with Crippen molar-refractivity contribution in [1.29, 1.82) is 0 Å². The van der Waals surface area contributed by atoms with Gasteiger partial charge in [-0.2, -0.15) is 0 Å². The van der Waals surface area contributed by atoms with E-state index < -0.39 is 17.9 Å². The Balaban J connectivity index is 1.76. The van der Waals surface area contributed by atoms with E-state index in [4.69, 9.17) is 8.85 Å². The molecule has 0 aromatic heterocycles. The molecule has 0 radical (unpaired) electrons. The van der Waals surface area contributed by atoms with Crippen molar-refractivity contribution in [3.8, 4) is 11.5 Å². The van der Waals surface area contributed by atoms with E-state index in [1.807, 2.05) is 13.0 Å². The quantitative estimate of drug-likeness (QED) is 0.833. The van der Waals surface area contributed by atoms with Crippen LogP contribution in [0, 0.1) is 17.3 Å². The smallest absolute Gasteiger partial charge is 0.163 e. The van der Waals surface area contributed by atoms with Crippen molar-refractivity contribution in [3.63, 3.8) is 0 Å². The van der Waals surface area contributed by atoms with Crippen molar-refractivity contribution in [2.45, 2.75) is 57.4 Å². The summed E-state index contributed by atoms with van der Waals surface area (Å²) in [6.45, 7) is 1.90. The maximum absolute atomic E-state index is 10.7. The molecule has 22 heavy (non-hydrogen) atoms. The number of aliphatic hydroxyl groups is 1. The van der Waals surface area contributed by atoms with Gasteiger partial charge in [0.25, 0.3) is 0 Å². The highest BCUT2D eigenvalue weighted by Crippen LogP contribution is 2.61. The van der Waals surface area contributed by atoms with Gasteiger partial charge < -0.3 is 14.9 Å². The maximum Gasteiger partial charge on any atom is 0.163 e. The van der Waals surface area contributed by atoms with Crippen LogP contribution in [-0.2, 0) is 6.42 Å². The van der Waals surface area contributed by atoms with E-state index in [1.54, 1.807) is 13.2 Å². The van der Waals surface area contributed by atoms with Crippen LogP contribution >= 0.6 is 0 Å². The van der Waals surface area contributed by atoms with Crippen LogP contribution in [-0.4, -0.2) is 23.4 Å². The van der Waals surface area contributed by atoms with Gasteiger partial charge in [-0.1, -0.05) is 13.0 Å². The lowest BCUT2D eigenvalue weighted by molar-refractivity contribution is -0.0227. The van der Waals surface area contributed by atoms with Gasteiger partial charge in [0, 0.05) is 8.30 Å². The third-order valence-corrected chi connectivity index (χ3v) is 6.46. The standard InChI is InChI=1S/C19H26O3/c1-19-10-9-12-11-5-7-16(20)18(22-2)14(11)4-3-13(12)15(19)6-8-17(19)21/h5,7,12-13,15,17,20-21H,3-4,6,8-10H2,1-2H3/t12?,13?,15?,17-,19-/m1/s1/i8D2,17D. The van der Waals surface area contributed by atoms with Crippen LogP contribution in [0.4, 0.5) is 0 Å². The molecule has 0 heterocycles. The van der Waals surface area contributed by atoms with Crippen molar-refractivity contribution in [3.05, 3.63) is 23.3 Å². The van der Waals surface area contributed by atoms with Crippen molar-refractivity contribution in [2.24, 2.45) is 17.3 Å². The lowest BCUT2D eigenvalue weighted by atomic mass is 9.55. The Morgan fingerprint density at radius 1 is 1.36 bits per heavy atom. The molecule has 0 amide bonds. The topological polar surface area (TPSA) is 49.7 Å². The number of methoxy groups -OCH3 is 1. The van der Waals surface area contributed by atoms with Crippen LogP contribution in [0.2, 0.25) is 0 Å². The van der Waals surface area contributed by atoms with E-state index >= 15 is 0 Å². The number of hydrogen-bond acceptors (Lipinski definition) is 3. The molecule has 5 atom stereocenters. The van der Waals surface area contributed by atoms with Gasteiger partial charge in [-0.15, -0.1) is 0 Å². The summed E-state index contributed by atoms with van der Waals surface area (Å²) >= 11 is 0. The average molecular weight is 305 g/mol. The molecular formula is C19H26O3.